The van der Waals surface area contributed by atoms with Gasteiger partial charge < -0.3 is 15.2 Å². The number of rotatable bonds is 5. The Bertz CT molecular complexity index is 535. The molecule has 0 heterocycles. The summed E-state index contributed by atoms with van der Waals surface area (Å²) >= 11 is 0. The highest BCUT2D eigenvalue weighted by molar-refractivity contribution is 5.40. The van der Waals surface area contributed by atoms with E-state index < -0.39 is 0 Å². The normalized spacial score (nSPS) is 10.5. The van der Waals surface area contributed by atoms with Crippen LogP contribution < -0.4 is 10.1 Å². The lowest BCUT2D eigenvalue weighted by Gasteiger charge is -2.12. The molecule has 0 bridgehead atoms. The first-order valence-corrected chi connectivity index (χ1v) is 6.34. The van der Waals surface area contributed by atoms with Crippen molar-refractivity contribution in [3.05, 3.63) is 59.2 Å². The molecular weight excluding hydrogens is 238 g/mol. The summed E-state index contributed by atoms with van der Waals surface area (Å²) in [5.74, 6) is 1.63. The smallest absolute Gasteiger partial charge is 0.131 e. The van der Waals surface area contributed by atoms with Gasteiger partial charge in [-0.25, -0.2) is 0 Å². The molecule has 0 radical (unpaired) electrons. The van der Waals surface area contributed by atoms with Crippen LogP contribution >= 0.6 is 0 Å². The van der Waals surface area contributed by atoms with Crippen LogP contribution in [0, 0.1) is 6.92 Å². The summed E-state index contributed by atoms with van der Waals surface area (Å²) < 4.78 is 5.89. The summed E-state index contributed by atoms with van der Waals surface area (Å²) in [5, 5.41) is 12.2. The molecule has 0 atom stereocenters. The Morgan fingerprint density at radius 3 is 2.47 bits per heavy atom. The lowest BCUT2D eigenvalue weighted by Crippen LogP contribution is -2.06. The van der Waals surface area contributed by atoms with E-state index >= 15 is 0 Å². The summed E-state index contributed by atoms with van der Waals surface area (Å²) in [4.78, 5) is 0. The minimum absolute atomic E-state index is 0.0514. The number of hydrogen-bond donors (Lipinski definition) is 2. The van der Waals surface area contributed by atoms with Gasteiger partial charge in [-0.05, 0) is 37.7 Å². The van der Waals surface area contributed by atoms with Crippen LogP contribution in [0.2, 0.25) is 0 Å². The van der Waals surface area contributed by atoms with Gasteiger partial charge in [0.15, 0.2) is 0 Å². The fourth-order valence-electron chi connectivity index (χ4n) is 1.93. The first kappa shape index (κ1) is 13.6. The highest BCUT2D eigenvalue weighted by atomic mass is 16.5. The second kappa shape index (κ2) is 6.36. The number of aryl methyl sites for hydroxylation is 1. The minimum atomic E-state index is 0.0514. The van der Waals surface area contributed by atoms with Crippen molar-refractivity contribution >= 4 is 0 Å². The zero-order valence-electron chi connectivity index (χ0n) is 11.3. The molecule has 0 aromatic heterocycles. The molecule has 3 nitrogen and oxygen atoms in total. The van der Waals surface area contributed by atoms with Crippen LogP contribution in [0.15, 0.2) is 42.5 Å². The zero-order valence-corrected chi connectivity index (χ0v) is 11.3. The summed E-state index contributed by atoms with van der Waals surface area (Å²) in [6.45, 7) is 2.89. The van der Waals surface area contributed by atoms with Gasteiger partial charge in [0.1, 0.15) is 11.5 Å². The third-order valence-electron chi connectivity index (χ3n) is 2.92. The van der Waals surface area contributed by atoms with Crippen LogP contribution in [0.25, 0.3) is 0 Å². The van der Waals surface area contributed by atoms with E-state index in [9.17, 15) is 0 Å². The molecule has 0 saturated heterocycles. The van der Waals surface area contributed by atoms with Crippen molar-refractivity contribution in [2.24, 2.45) is 0 Å². The van der Waals surface area contributed by atoms with E-state index in [1.165, 1.54) is 5.56 Å². The molecule has 0 amide bonds. The van der Waals surface area contributed by atoms with E-state index in [0.717, 1.165) is 29.2 Å². The first-order chi connectivity index (χ1) is 9.22. The van der Waals surface area contributed by atoms with Crippen molar-refractivity contribution in [2.45, 2.75) is 20.1 Å². The number of aliphatic hydroxyl groups is 1. The molecule has 2 aromatic carbocycles. The van der Waals surface area contributed by atoms with E-state index in [1.54, 1.807) is 0 Å². The van der Waals surface area contributed by atoms with Gasteiger partial charge in [-0.3, -0.25) is 0 Å². The molecule has 2 N–H and O–H groups in total. The fraction of sp³-hybridized carbons (Fsp3) is 0.250. The first-order valence-electron chi connectivity index (χ1n) is 6.34. The van der Waals surface area contributed by atoms with E-state index in [2.05, 4.69) is 18.3 Å². The molecule has 2 rings (SSSR count). The Labute approximate surface area is 113 Å². The van der Waals surface area contributed by atoms with Crippen LogP contribution in [0.4, 0.5) is 0 Å². The molecule has 19 heavy (non-hydrogen) atoms. The Morgan fingerprint density at radius 1 is 1.11 bits per heavy atom. The zero-order chi connectivity index (χ0) is 13.7. The molecule has 0 aliphatic carbocycles. The number of benzene rings is 2. The van der Waals surface area contributed by atoms with Gasteiger partial charge in [0.25, 0.3) is 0 Å². The molecule has 0 fully saturated rings. The molecule has 0 aliphatic heterocycles. The topological polar surface area (TPSA) is 41.5 Å². The van der Waals surface area contributed by atoms with E-state index in [4.69, 9.17) is 9.84 Å². The van der Waals surface area contributed by atoms with Crippen molar-refractivity contribution in [3.63, 3.8) is 0 Å². The lowest BCUT2D eigenvalue weighted by molar-refractivity contribution is 0.281. The van der Waals surface area contributed by atoms with E-state index in [-0.39, 0.29) is 6.61 Å². The molecule has 0 saturated carbocycles. The monoisotopic (exact) mass is 257 g/mol. The van der Waals surface area contributed by atoms with Crippen molar-refractivity contribution < 1.29 is 9.84 Å². The minimum Gasteiger partial charge on any atom is -0.457 e. The van der Waals surface area contributed by atoms with Gasteiger partial charge in [0, 0.05) is 12.1 Å². The van der Waals surface area contributed by atoms with Gasteiger partial charge in [-0.15, -0.1) is 0 Å². The van der Waals surface area contributed by atoms with Gasteiger partial charge in [0.2, 0.25) is 0 Å². The van der Waals surface area contributed by atoms with Crippen LogP contribution in [-0.4, -0.2) is 12.2 Å². The lowest BCUT2D eigenvalue weighted by atomic mass is 10.1. The molecule has 0 unspecified atom stereocenters. The molecular formula is C16H19NO2. The van der Waals surface area contributed by atoms with Crippen LogP contribution in [0.1, 0.15) is 16.7 Å². The van der Waals surface area contributed by atoms with Crippen LogP contribution in [-0.2, 0) is 13.2 Å². The van der Waals surface area contributed by atoms with E-state index in [1.807, 2.05) is 43.4 Å². The quantitative estimate of drug-likeness (QED) is 0.865. The number of ether oxygens (including phenoxy) is 1. The molecule has 2 aromatic rings. The van der Waals surface area contributed by atoms with Crippen molar-refractivity contribution in [2.75, 3.05) is 7.05 Å². The van der Waals surface area contributed by atoms with Crippen molar-refractivity contribution in [3.8, 4) is 11.5 Å². The third-order valence-corrected chi connectivity index (χ3v) is 2.92. The Kier molecular flexibility index (Phi) is 4.55. The molecule has 0 spiro atoms. The maximum Gasteiger partial charge on any atom is 0.131 e. The van der Waals surface area contributed by atoms with Gasteiger partial charge in [-0.1, -0.05) is 29.8 Å². The SMILES string of the molecule is CNCc1cc(C)ccc1Oc1ccc(CO)cc1. The summed E-state index contributed by atoms with van der Waals surface area (Å²) in [7, 11) is 1.92. The fourth-order valence-corrected chi connectivity index (χ4v) is 1.93. The number of hydrogen-bond acceptors (Lipinski definition) is 3. The van der Waals surface area contributed by atoms with Gasteiger partial charge in [0.05, 0.1) is 6.61 Å². The second-order valence-corrected chi connectivity index (χ2v) is 4.55. The van der Waals surface area contributed by atoms with Gasteiger partial charge >= 0.3 is 0 Å². The van der Waals surface area contributed by atoms with Crippen LogP contribution in [0.3, 0.4) is 0 Å². The molecule has 0 aliphatic rings. The molecule has 3 heteroatoms. The Balaban J connectivity index is 2.21. The highest BCUT2D eigenvalue weighted by Gasteiger charge is 2.05. The summed E-state index contributed by atoms with van der Waals surface area (Å²) in [6, 6.07) is 13.6. The standard InChI is InChI=1S/C16H19NO2/c1-12-3-8-16(14(9-12)10-17-2)19-15-6-4-13(11-18)5-7-15/h3-9,17-18H,10-11H2,1-2H3. The largest absolute Gasteiger partial charge is 0.457 e. The average Bonchev–Trinajstić information content (AvgIpc) is 2.43. The predicted octanol–water partition coefficient (Wildman–Crippen LogP) is 3.00. The van der Waals surface area contributed by atoms with Gasteiger partial charge in [-0.2, -0.15) is 0 Å². The van der Waals surface area contributed by atoms with Crippen molar-refractivity contribution in [1.29, 1.82) is 0 Å². The molecule has 100 valence electrons. The number of aliphatic hydroxyl groups excluding tert-OH is 1. The predicted molar refractivity (Wildman–Crippen MR) is 76.4 cm³/mol. The summed E-state index contributed by atoms with van der Waals surface area (Å²) in [6.07, 6.45) is 0. The number of nitrogens with one attached hydrogen (secondary N) is 1. The average molecular weight is 257 g/mol. The Hall–Kier alpha value is -1.84. The maximum atomic E-state index is 9.01. The maximum absolute atomic E-state index is 9.01. The highest BCUT2D eigenvalue weighted by Crippen LogP contribution is 2.26. The Morgan fingerprint density at radius 2 is 1.84 bits per heavy atom. The van der Waals surface area contributed by atoms with E-state index in [0.29, 0.717) is 0 Å². The second-order valence-electron chi connectivity index (χ2n) is 4.55. The van der Waals surface area contributed by atoms with Crippen LogP contribution in [0.5, 0.6) is 11.5 Å². The summed E-state index contributed by atoms with van der Waals surface area (Å²) in [5.41, 5.74) is 3.23. The third kappa shape index (κ3) is 3.56. The van der Waals surface area contributed by atoms with Crippen molar-refractivity contribution in [1.82, 2.24) is 5.32 Å².